The van der Waals surface area contributed by atoms with E-state index in [-0.39, 0.29) is 11.3 Å². The molecule has 0 unspecified atom stereocenters. The van der Waals surface area contributed by atoms with Crippen LogP contribution in [0.3, 0.4) is 0 Å². The fraction of sp³-hybridized carbons (Fsp3) is 0.333. The molecule has 0 fully saturated rings. The highest BCUT2D eigenvalue weighted by molar-refractivity contribution is 7.98. The van der Waals surface area contributed by atoms with Crippen molar-refractivity contribution in [1.82, 2.24) is 5.32 Å². The lowest BCUT2D eigenvalue weighted by molar-refractivity contribution is 0.252. The van der Waals surface area contributed by atoms with E-state index in [2.05, 4.69) is 10.6 Å². The van der Waals surface area contributed by atoms with E-state index in [0.717, 1.165) is 18.2 Å². The van der Waals surface area contributed by atoms with Crippen LogP contribution in [0.2, 0.25) is 0 Å². The molecule has 0 aromatic heterocycles. The summed E-state index contributed by atoms with van der Waals surface area (Å²) in [5, 5.41) is 13.6. The van der Waals surface area contributed by atoms with Crippen LogP contribution in [-0.2, 0) is 0 Å². The molecule has 96 valence electrons. The van der Waals surface area contributed by atoms with E-state index in [4.69, 9.17) is 5.26 Å². The lowest BCUT2D eigenvalue weighted by Gasteiger charge is -2.08. The number of nitrogens with zero attached hydrogens (tertiary/aromatic N) is 1. The summed E-state index contributed by atoms with van der Waals surface area (Å²) < 4.78 is 13.4. The van der Waals surface area contributed by atoms with Crippen molar-refractivity contribution < 1.29 is 9.18 Å². The first kappa shape index (κ1) is 14.3. The van der Waals surface area contributed by atoms with E-state index in [9.17, 15) is 9.18 Å². The van der Waals surface area contributed by atoms with Gasteiger partial charge in [0.05, 0.1) is 17.3 Å². The number of hydrogen-bond acceptors (Lipinski definition) is 3. The van der Waals surface area contributed by atoms with E-state index in [1.54, 1.807) is 11.8 Å². The van der Waals surface area contributed by atoms with Gasteiger partial charge in [0.1, 0.15) is 5.82 Å². The quantitative estimate of drug-likeness (QED) is 0.806. The average molecular weight is 267 g/mol. The SMILES string of the molecule is CSCCCNC(=O)Nc1ccc(C#N)cc1F. The molecular formula is C12H14FN3OS. The second kappa shape index (κ2) is 7.56. The maximum Gasteiger partial charge on any atom is 0.319 e. The van der Waals surface area contributed by atoms with Crippen molar-refractivity contribution in [2.75, 3.05) is 23.9 Å². The van der Waals surface area contributed by atoms with E-state index in [1.807, 2.05) is 12.3 Å². The van der Waals surface area contributed by atoms with E-state index >= 15 is 0 Å². The molecule has 1 aromatic rings. The summed E-state index contributed by atoms with van der Waals surface area (Å²) in [6.45, 7) is 0.546. The number of carbonyl (C=O) groups excluding carboxylic acids is 1. The minimum atomic E-state index is -0.617. The molecular weight excluding hydrogens is 253 g/mol. The second-order valence-electron chi connectivity index (χ2n) is 3.53. The first-order valence-electron chi connectivity index (χ1n) is 5.41. The van der Waals surface area contributed by atoms with Gasteiger partial charge in [-0.3, -0.25) is 0 Å². The molecule has 0 aliphatic rings. The average Bonchev–Trinajstić information content (AvgIpc) is 2.37. The number of carbonyl (C=O) groups is 1. The maximum atomic E-state index is 13.4. The van der Waals surface area contributed by atoms with Crippen molar-refractivity contribution in [1.29, 1.82) is 5.26 Å². The van der Waals surface area contributed by atoms with Crippen LogP contribution in [0, 0.1) is 17.1 Å². The number of urea groups is 1. The summed E-state index contributed by atoms with van der Waals surface area (Å²) >= 11 is 1.70. The zero-order chi connectivity index (χ0) is 13.4. The fourth-order valence-corrected chi connectivity index (χ4v) is 1.70. The Bertz CT molecular complexity index is 459. The van der Waals surface area contributed by atoms with Crippen LogP contribution in [0.25, 0.3) is 0 Å². The topological polar surface area (TPSA) is 64.9 Å². The van der Waals surface area contributed by atoms with Gasteiger partial charge in [-0.25, -0.2) is 9.18 Å². The third kappa shape index (κ3) is 4.63. The van der Waals surface area contributed by atoms with Crippen LogP contribution in [0.15, 0.2) is 18.2 Å². The summed E-state index contributed by atoms with van der Waals surface area (Å²) in [4.78, 5) is 11.4. The van der Waals surface area contributed by atoms with Gasteiger partial charge in [-0.1, -0.05) is 0 Å². The highest BCUT2D eigenvalue weighted by Crippen LogP contribution is 2.14. The predicted octanol–water partition coefficient (Wildman–Crippen LogP) is 2.57. The Kier molecular flexibility index (Phi) is 6.01. The van der Waals surface area contributed by atoms with Gasteiger partial charge >= 0.3 is 6.03 Å². The van der Waals surface area contributed by atoms with E-state index in [0.29, 0.717) is 6.54 Å². The van der Waals surface area contributed by atoms with Gasteiger partial charge in [-0.15, -0.1) is 0 Å². The van der Waals surface area contributed by atoms with E-state index in [1.165, 1.54) is 12.1 Å². The summed E-state index contributed by atoms with van der Waals surface area (Å²) in [6, 6.07) is 5.29. The summed E-state index contributed by atoms with van der Waals surface area (Å²) in [5.41, 5.74) is 0.287. The normalized spacial score (nSPS) is 9.61. The molecule has 0 heterocycles. The van der Waals surface area contributed by atoms with Crippen LogP contribution in [0.4, 0.5) is 14.9 Å². The van der Waals surface area contributed by atoms with Crippen molar-refractivity contribution in [2.45, 2.75) is 6.42 Å². The van der Waals surface area contributed by atoms with Gasteiger partial charge in [0, 0.05) is 6.54 Å². The highest BCUT2D eigenvalue weighted by atomic mass is 32.2. The Labute approximate surface area is 110 Å². The Morgan fingerprint density at radius 2 is 2.33 bits per heavy atom. The highest BCUT2D eigenvalue weighted by Gasteiger charge is 2.06. The molecule has 0 bridgehead atoms. The standard InChI is InChI=1S/C12H14FN3OS/c1-18-6-2-5-15-12(17)16-11-4-3-9(8-14)7-10(11)13/h3-4,7H,2,5-6H2,1H3,(H2,15,16,17). The smallest absolute Gasteiger partial charge is 0.319 e. The number of amides is 2. The molecule has 0 saturated heterocycles. The number of hydrogen-bond donors (Lipinski definition) is 2. The molecule has 0 aliphatic carbocycles. The first-order chi connectivity index (χ1) is 8.67. The largest absolute Gasteiger partial charge is 0.338 e. The van der Waals surface area contributed by atoms with Crippen molar-refractivity contribution in [3.05, 3.63) is 29.6 Å². The number of benzene rings is 1. The molecule has 1 rings (SSSR count). The van der Waals surface area contributed by atoms with Crippen LogP contribution < -0.4 is 10.6 Å². The molecule has 0 spiro atoms. The summed E-state index contributed by atoms with van der Waals surface area (Å²) in [6.07, 6.45) is 2.86. The van der Waals surface area contributed by atoms with Gasteiger partial charge in [-0.05, 0) is 36.6 Å². The van der Waals surface area contributed by atoms with E-state index < -0.39 is 11.8 Å². The number of rotatable bonds is 5. The monoisotopic (exact) mass is 267 g/mol. The second-order valence-corrected chi connectivity index (χ2v) is 4.52. The molecule has 2 amide bonds. The van der Waals surface area contributed by atoms with Gasteiger partial charge < -0.3 is 10.6 Å². The number of nitrogens with one attached hydrogen (secondary N) is 2. The summed E-state index contributed by atoms with van der Waals surface area (Å²) in [7, 11) is 0. The Hall–Kier alpha value is -1.74. The molecule has 1 aromatic carbocycles. The number of anilines is 1. The third-order valence-corrected chi connectivity index (χ3v) is 2.85. The first-order valence-corrected chi connectivity index (χ1v) is 6.80. The predicted molar refractivity (Wildman–Crippen MR) is 71.1 cm³/mol. The molecule has 0 aliphatic heterocycles. The zero-order valence-electron chi connectivity index (χ0n) is 10.00. The van der Waals surface area contributed by atoms with Crippen LogP contribution in [0.1, 0.15) is 12.0 Å². The molecule has 0 atom stereocenters. The molecule has 2 N–H and O–H groups in total. The fourth-order valence-electron chi connectivity index (χ4n) is 1.27. The van der Waals surface area contributed by atoms with Gasteiger partial charge in [-0.2, -0.15) is 17.0 Å². The van der Waals surface area contributed by atoms with Crippen molar-refractivity contribution >= 4 is 23.5 Å². The van der Waals surface area contributed by atoms with Crippen LogP contribution in [0.5, 0.6) is 0 Å². The summed E-state index contributed by atoms with van der Waals surface area (Å²) in [5.74, 6) is 0.346. The lowest BCUT2D eigenvalue weighted by Crippen LogP contribution is -2.30. The number of halogens is 1. The maximum absolute atomic E-state index is 13.4. The van der Waals surface area contributed by atoms with Crippen LogP contribution >= 0.6 is 11.8 Å². The number of nitriles is 1. The van der Waals surface area contributed by atoms with Gasteiger partial charge in [0.2, 0.25) is 0 Å². The number of thioether (sulfide) groups is 1. The molecule has 0 radical (unpaired) electrons. The van der Waals surface area contributed by atoms with Crippen molar-refractivity contribution in [3.63, 3.8) is 0 Å². The lowest BCUT2D eigenvalue weighted by atomic mass is 10.2. The molecule has 6 heteroatoms. The van der Waals surface area contributed by atoms with Gasteiger partial charge in [0.25, 0.3) is 0 Å². The molecule has 4 nitrogen and oxygen atoms in total. The van der Waals surface area contributed by atoms with Crippen LogP contribution in [-0.4, -0.2) is 24.6 Å². The van der Waals surface area contributed by atoms with Crippen molar-refractivity contribution in [2.24, 2.45) is 0 Å². The Balaban J connectivity index is 2.47. The Morgan fingerprint density at radius 1 is 1.56 bits per heavy atom. The molecule has 0 saturated carbocycles. The molecule has 18 heavy (non-hydrogen) atoms. The minimum Gasteiger partial charge on any atom is -0.338 e. The zero-order valence-corrected chi connectivity index (χ0v) is 10.8. The Morgan fingerprint density at radius 3 is 2.94 bits per heavy atom. The van der Waals surface area contributed by atoms with Crippen molar-refractivity contribution in [3.8, 4) is 6.07 Å². The third-order valence-electron chi connectivity index (χ3n) is 2.16. The minimum absolute atomic E-state index is 0.0661. The van der Waals surface area contributed by atoms with Gasteiger partial charge in [0.15, 0.2) is 0 Å².